The van der Waals surface area contributed by atoms with Gasteiger partial charge in [-0.25, -0.2) is 0 Å². The predicted octanol–water partition coefficient (Wildman–Crippen LogP) is 0.824. The van der Waals surface area contributed by atoms with Gasteiger partial charge < -0.3 is 14.6 Å². The van der Waals surface area contributed by atoms with Crippen LogP contribution in [0.1, 0.15) is 24.3 Å². The average molecular weight is 458 g/mol. The summed E-state index contributed by atoms with van der Waals surface area (Å²) in [7, 11) is 2.71. The number of methoxy groups -OCH3 is 2. The summed E-state index contributed by atoms with van der Waals surface area (Å²) in [5.74, 6) is -7.87. The number of allylic oxidation sites excluding steroid dienone is 2. The monoisotopic (exact) mass is 458 g/mol. The molecule has 11 nitrogen and oxygen atoms in total. The third kappa shape index (κ3) is 2.75. The highest BCUT2D eigenvalue weighted by atomic mass is 16.5. The van der Waals surface area contributed by atoms with Crippen LogP contribution in [-0.2, 0) is 19.2 Å². The van der Waals surface area contributed by atoms with Crippen molar-refractivity contribution >= 4 is 23.6 Å². The van der Waals surface area contributed by atoms with Crippen LogP contribution in [0, 0.1) is 29.6 Å². The Morgan fingerprint density at radius 2 is 1.36 bits per heavy atom. The van der Waals surface area contributed by atoms with Gasteiger partial charge in [0.15, 0.2) is 11.5 Å². The lowest BCUT2D eigenvalue weighted by molar-refractivity contribution is -0.174. The minimum atomic E-state index is -0.946. The van der Waals surface area contributed by atoms with Crippen molar-refractivity contribution < 1.29 is 44.2 Å². The van der Waals surface area contributed by atoms with Crippen molar-refractivity contribution in [1.29, 1.82) is 0 Å². The standard InChI is InChI=1S/C22H22N2O9/c1-32-13-5-8(6-14(33-2)18(13)25)15-9-3-4-10-16(21(28)23(30)19(10)26)11(9)7-12-17(15)22(29)24(31)20(12)27/h3,5-6,10-12,15-17,25,30-31H,4,7H2,1-2H3/t10-,11+,12+,15-,16-,17+/m0/s1. The van der Waals surface area contributed by atoms with Crippen LogP contribution < -0.4 is 9.47 Å². The fourth-order valence-corrected chi connectivity index (χ4v) is 6.02. The first-order valence-corrected chi connectivity index (χ1v) is 10.5. The van der Waals surface area contributed by atoms with Gasteiger partial charge in [-0.2, -0.15) is 10.1 Å². The van der Waals surface area contributed by atoms with Crippen LogP contribution in [0.15, 0.2) is 23.8 Å². The van der Waals surface area contributed by atoms with Gasteiger partial charge in [-0.1, -0.05) is 11.6 Å². The molecule has 2 saturated heterocycles. The number of ether oxygens (including phenoxy) is 2. The number of amides is 4. The van der Waals surface area contributed by atoms with Gasteiger partial charge in [-0.05, 0) is 36.5 Å². The predicted molar refractivity (Wildman–Crippen MR) is 106 cm³/mol. The van der Waals surface area contributed by atoms with E-state index in [9.17, 15) is 34.7 Å². The summed E-state index contributed by atoms with van der Waals surface area (Å²) in [6.07, 6.45) is 2.04. The van der Waals surface area contributed by atoms with Gasteiger partial charge in [0.05, 0.1) is 37.9 Å². The summed E-state index contributed by atoms with van der Waals surface area (Å²) in [4.78, 5) is 50.8. The van der Waals surface area contributed by atoms with Crippen molar-refractivity contribution in [3.05, 3.63) is 29.3 Å². The van der Waals surface area contributed by atoms with E-state index in [4.69, 9.17) is 9.47 Å². The first-order valence-electron chi connectivity index (χ1n) is 10.5. The summed E-state index contributed by atoms with van der Waals surface area (Å²) in [5, 5.41) is 30.7. The minimum Gasteiger partial charge on any atom is -0.502 e. The van der Waals surface area contributed by atoms with E-state index in [1.165, 1.54) is 26.4 Å². The third-order valence-electron chi connectivity index (χ3n) is 7.46. The molecule has 1 saturated carbocycles. The molecule has 33 heavy (non-hydrogen) atoms. The maximum Gasteiger partial charge on any atom is 0.258 e. The summed E-state index contributed by atoms with van der Waals surface area (Å²) in [5.41, 5.74) is 1.15. The molecular weight excluding hydrogens is 436 g/mol. The second-order valence-corrected chi connectivity index (χ2v) is 8.77. The Balaban J connectivity index is 1.69. The molecule has 0 bridgehead atoms. The first kappa shape index (κ1) is 21.4. The Morgan fingerprint density at radius 1 is 0.818 bits per heavy atom. The molecule has 3 fully saturated rings. The number of fused-ring (bicyclic) bond motifs is 4. The quantitative estimate of drug-likeness (QED) is 0.339. The van der Waals surface area contributed by atoms with Gasteiger partial charge in [0, 0.05) is 5.92 Å². The molecule has 4 amide bonds. The number of hydroxylamine groups is 4. The maximum absolute atomic E-state index is 12.9. The van der Waals surface area contributed by atoms with E-state index >= 15 is 0 Å². The second-order valence-electron chi connectivity index (χ2n) is 8.77. The molecule has 2 aliphatic heterocycles. The van der Waals surface area contributed by atoms with Crippen LogP contribution in [0.25, 0.3) is 0 Å². The molecule has 6 atom stereocenters. The van der Waals surface area contributed by atoms with Crippen LogP contribution >= 0.6 is 0 Å². The summed E-state index contributed by atoms with van der Waals surface area (Å²) in [6, 6.07) is 3.04. The highest BCUT2D eigenvalue weighted by Crippen LogP contribution is 2.58. The third-order valence-corrected chi connectivity index (χ3v) is 7.46. The van der Waals surface area contributed by atoms with Gasteiger partial charge in [0.1, 0.15) is 0 Å². The van der Waals surface area contributed by atoms with Crippen molar-refractivity contribution in [2.24, 2.45) is 29.6 Å². The minimum absolute atomic E-state index is 0.0784. The van der Waals surface area contributed by atoms with Gasteiger partial charge in [-0.15, -0.1) is 0 Å². The van der Waals surface area contributed by atoms with E-state index in [-0.39, 0.29) is 40.2 Å². The van der Waals surface area contributed by atoms with Crippen LogP contribution in [-0.4, -0.2) is 63.5 Å². The molecular formula is C22H22N2O9. The van der Waals surface area contributed by atoms with Gasteiger partial charge in [0.25, 0.3) is 23.6 Å². The summed E-state index contributed by atoms with van der Waals surface area (Å²) >= 11 is 0. The zero-order chi connectivity index (χ0) is 23.8. The van der Waals surface area contributed by atoms with E-state index in [0.717, 1.165) is 0 Å². The molecule has 2 aliphatic carbocycles. The molecule has 3 N–H and O–H groups in total. The largest absolute Gasteiger partial charge is 0.502 e. The Hall–Kier alpha value is -3.44. The lowest BCUT2D eigenvalue weighted by Gasteiger charge is -2.43. The second kappa shape index (κ2) is 7.29. The normalized spacial score (nSPS) is 33.0. The van der Waals surface area contributed by atoms with E-state index in [0.29, 0.717) is 11.1 Å². The molecule has 4 aliphatic rings. The summed E-state index contributed by atoms with van der Waals surface area (Å²) in [6.45, 7) is 0. The number of carbonyl (C=O) groups is 4. The van der Waals surface area contributed by atoms with Crippen molar-refractivity contribution in [3.63, 3.8) is 0 Å². The lowest BCUT2D eigenvalue weighted by Crippen LogP contribution is -2.43. The van der Waals surface area contributed by atoms with Gasteiger partial charge >= 0.3 is 0 Å². The van der Waals surface area contributed by atoms with Crippen LogP contribution in [0.4, 0.5) is 0 Å². The zero-order valence-electron chi connectivity index (χ0n) is 17.8. The maximum atomic E-state index is 12.9. The smallest absolute Gasteiger partial charge is 0.258 e. The number of carbonyl (C=O) groups excluding carboxylic acids is 4. The number of benzene rings is 1. The number of phenolic OH excluding ortho intramolecular Hbond substituents is 1. The molecule has 1 aromatic rings. The number of nitrogens with zero attached hydrogens (tertiary/aromatic N) is 2. The molecule has 2 heterocycles. The van der Waals surface area contributed by atoms with Gasteiger partial charge in [0.2, 0.25) is 5.75 Å². The van der Waals surface area contributed by atoms with E-state index in [1.54, 1.807) is 6.08 Å². The van der Waals surface area contributed by atoms with Crippen molar-refractivity contribution in [3.8, 4) is 17.2 Å². The molecule has 0 radical (unpaired) electrons. The van der Waals surface area contributed by atoms with Crippen molar-refractivity contribution in [2.75, 3.05) is 14.2 Å². The fourth-order valence-electron chi connectivity index (χ4n) is 6.02. The Labute approximate surface area is 187 Å². The first-order chi connectivity index (χ1) is 15.7. The number of hydrogen-bond acceptors (Lipinski definition) is 9. The van der Waals surface area contributed by atoms with E-state index in [1.807, 2.05) is 0 Å². The molecule has 0 aromatic heterocycles. The van der Waals surface area contributed by atoms with Crippen molar-refractivity contribution in [1.82, 2.24) is 10.1 Å². The Bertz CT molecular complexity index is 1100. The fraction of sp³-hybridized carbons (Fsp3) is 0.455. The number of rotatable bonds is 3. The molecule has 0 spiro atoms. The Morgan fingerprint density at radius 3 is 1.94 bits per heavy atom. The zero-order valence-corrected chi connectivity index (χ0v) is 17.8. The molecule has 174 valence electrons. The molecule has 11 heteroatoms. The number of aromatic hydroxyl groups is 1. The highest BCUT2D eigenvalue weighted by Gasteiger charge is 2.62. The molecule has 1 aromatic carbocycles. The van der Waals surface area contributed by atoms with Gasteiger partial charge in [-0.3, -0.25) is 29.6 Å². The summed E-state index contributed by atoms with van der Waals surface area (Å²) < 4.78 is 10.5. The van der Waals surface area contributed by atoms with Crippen LogP contribution in [0.3, 0.4) is 0 Å². The lowest BCUT2D eigenvalue weighted by atomic mass is 9.57. The Kier molecular flexibility index (Phi) is 4.73. The molecule has 5 rings (SSSR count). The number of imide groups is 2. The average Bonchev–Trinajstić information content (AvgIpc) is 3.17. The van der Waals surface area contributed by atoms with E-state index in [2.05, 4.69) is 0 Å². The topological polar surface area (TPSA) is 154 Å². The number of phenols is 1. The van der Waals surface area contributed by atoms with Crippen LogP contribution in [0.5, 0.6) is 17.2 Å². The van der Waals surface area contributed by atoms with E-state index < -0.39 is 59.1 Å². The van der Waals surface area contributed by atoms with Crippen molar-refractivity contribution in [2.45, 2.75) is 18.8 Å². The number of hydrogen-bond donors (Lipinski definition) is 3. The van der Waals surface area contributed by atoms with Crippen LogP contribution in [0.2, 0.25) is 0 Å². The molecule has 0 unspecified atom stereocenters. The highest BCUT2D eigenvalue weighted by molar-refractivity contribution is 6.06. The SMILES string of the molecule is COc1cc([C@H]2C3=CC[C@@H]4C(=O)N(O)C(=O)[C@@H]4[C@@H]3C[C@H]3C(=O)N(O)C(=O)[C@@H]23)cc(OC)c1O.